The summed E-state index contributed by atoms with van der Waals surface area (Å²) in [6, 6.07) is 13.9. The van der Waals surface area contributed by atoms with E-state index in [1.165, 1.54) is 5.56 Å². The molecule has 0 aromatic heterocycles. The zero-order valence-corrected chi connectivity index (χ0v) is 13.4. The summed E-state index contributed by atoms with van der Waals surface area (Å²) >= 11 is 3.52. The third-order valence-electron chi connectivity index (χ3n) is 3.99. The van der Waals surface area contributed by atoms with Crippen LogP contribution in [0.3, 0.4) is 0 Å². The first-order chi connectivity index (χ1) is 10.2. The number of aliphatic hydroxyl groups excluding tert-OH is 1. The minimum absolute atomic E-state index is 0.00306. The van der Waals surface area contributed by atoms with Crippen LogP contribution < -0.4 is 10.1 Å². The number of fused-ring (bicyclic) bond motifs is 1. The first kappa shape index (κ1) is 14.4. The molecule has 2 aromatic carbocycles. The molecule has 0 fully saturated rings. The van der Waals surface area contributed by atoms with Crippen LogP contribution in [0.15, 0.2) is 46.9 Å². The fourth-order valence-corrected chi connectivity index (χ4v) is 3.27. The van der Waals surface area contributed by atoms with E-state index in [1.807, 2.05) is 24.3 Å². The Kier molecular flexibility index (Phi) is 4.17. The normalized spacial score (nSPS) is 18.5. The highest BCUT2D eigenvalue weighted by atomic mass is 79.9. The third-order valence-corrected chi connectivity index (χ3v) is 4.71. The van der Waals surface area contributed by atoms with Gasteiger partial charge in [0, 0.05) is 15.7 Å². The fraction of sp³-hybridized carbons (Fsp3) is 0.294. The quantitative estimate of drug-likeness (QED) is 0.884. The van der Waals surface area contributed by atoms with Crippen molar-refractivity contribution in [3.63, 3.8) is 0 Å². The first-order valence-electron chi connectivity index (χ1n) is 7.05. The van der Waals surface area contributed by atoms with Gasteiger partial charge in [0.05, 0.1) is 13.2 Å². The number of hydrogen-bond acceptors (Lipinski definition) is 3. The van der Waals surface area contributed by atoms with Crippen molar-refractivity contribution in [3.8, 4) is 5.75 Å². The lowest BCUT2D eigenvalue weighted by Gasteiger charge is -2.31. The van der Waals surface area contributed by atoms with Crippen LogP contribution in [0.25, 0.3) is 0 Å². The molecule has 0 saturated carbocycles. The molecule has 1 aliphatic rings. The molecule has 2 atom stereocenters. The van der Waals surface area contributed by atoms with Gasteiger partial charge < -0.3 is 15.2 Å². The van der Waals surface area contributed by atoms with Gasteiger partial charge in [-0.1, -0.05) is 34.1 Å². The molecule has 3 nitrogen and oxygen atoms in total. The van der Waals surface area contributed by atoms with E-state index in [-0.39, 0.29) is 6.04 Å². The Hall–Kier alpha value is -1.52. The van der Waals surface area contributed by atoms with Crippen molar-refractivity contribution in [2.24, 2.45) is 0 Å². The Labute approximate surface area is 133 Å². The van der Waals surface area contributed by atoms with Crippen LogP contribution in [0.2, 0.25) is 0 Å². The van der Waals surface area contributed by atoms with E-state index in [0.717, 1.165) is 34.3 Å². The number of rotatable bonds is 3. The van der Waals surface area contributed by atoms with Crippen molar-refractivity contribution < 1.29 is 9.84 Å². The second kappa shape index (κ2) is 6.08. The van der Waals surface area contributed by atoms with Crippen molar-refractivity contribution in [2.75, 3.05) is 12.4 Å². The fourth-order valence-electron chi connectivity index (χ4n) is 2.79. The number of anilines is 1. The van der Waals surface area contributed by atoms with E-state index in [0.29, 0.717) is 0 Å². The first-order valence-corrected chi connectivity index (χ1v) is 7.84. The number of halogens is 1. The van der Waals surface area contributed by atoms with E-state index in [9.17, 15) is 5.11 Å². The number of aryl methyl sites for hydroxylation is 1. The summed E-state index contributed by atoms with van der Waals surface area (Å²) in [6.45, 7) is 0. The van der Waals surface area contributed by atoms with Crippen LogP contribution in [0.5, 0.6) is 5.75 Å². The average Bonchev–Trinajstić information content (AvgIpc) is 2.54. The monoisotopic (exact) mass is 347 g/mol. The molecule has 4 heteroatoms. The molecule has 1 heterocycles. The zero-order valence-electron chi connectivity index (χ0n) is 11.8. The lowest BCUT2D eigenvalue weighted by molar-refractivity contribution is 0.148. The van der Waals surface area contributed by atoms with Gasteiger partial charge >= 0.3 is 0 Å². The van der Waals surface area contributed by atoms with Gasteiger partial charge in [-0.05, 0) is 42.7 Å². The van der Waals surface area contributed by atoms with Gasteiger partial charge in [-0.2, -0.15) is 0 Å². The molecule has 0 amide bonds. The highest BCUT2D eigenvalue weighted by Gasteiger charge is 2.26. The molecule has 21 heavy (non-hydrogen) atoms. The van der Waals surface area contributed by atoms with Gasteiger partial charge in [-0.15, -0.1) is 0 Å². The summed E-state index contributed by atoms with van der Waals surface area (Å²) < 4.78 is 6.15. The standard InChI is InChI=1S/C17H18BrNO2/c1-21-12-7-8-14(18)13(10-12)17(20)16-9-6-11-4-2-3-5-15(11)19-16/h2-5,7-8,10,16-17,19-20H,6,9H2,1H3. The molecular formula is C17H18BrNO2. The highest BCUT2D eigenvalue weighted by molar-refractivity contribution is 9.10. The second-order valence-electron chi connectivity index (χ2n) is 5.28. The maximum Gasteiger partial charge on any atom is 0.119 e. The topological polar surface area (TPSA) is 41.5 Å². The Morgan fingerprint density at radius 3 is 2.90 bits per heavy atom. The van der Waals surface area contributed by atoms with Crippen molar-refractivity contribution >= 4 is 21.6 Å². The molecule has 0 saturated heterocycles. The summed E-state index contributed by atoms with van der Waals surface area (Å²) in [4.78, 5) is 0. The van der Waals surface area contributed by atoms with E-state index >= 15 is 0 Å². The van der Waals surface area contributed by atoms with Crippen LogP contribution >= 0.6 is 15.9 Å². The summed E-state index contributed by atoms with van der Waals surface area (Å²) in [6.07, 6.45) is 1.30. The van der Waals surface area contributed by atoms with Gasteiger partial charge in [-0.3, -0.25) is 0 Å². The number of benzene rings is 2. The SMILES string of the molecule is COc1ccc(Br)c(C(O)C2CCc3ccccc3N2)c1. The number of ether oxygens (including phenoxy) is 1. The van der Waals surface area contributed by atoms with Gasteiger partial charge in [-0.25, -0.2) is 0 Å². The van der Waals surface area contributed by atoms with Crippen molar-refractivity contribution in [1.29, 1.82) is 0 Å². The molecule has 0 radical (unpaired) electrons. The Bertz CT molecular complexity index is 644. The summed E-state index contributed by atoms with van der Waals surface area (Å²) in [5.74, 6) is 0.753. The van der Waals surface area contributed by atoms with Crippen LogP contribution in [-0.4, -0.2) is 18.3 Å². The lowest BCUT2D eigenvalue weighted by atomic mass is 9.92. The molecule has 0 bridgehead atoms. The van der Waals surface area contributed by atoms with E-state index in [4.69, 9.17) is 4.74 Å². The van der Waals surface area contributed by atoms with E-state index in [1.54, 1.807) is 7.11 Å². The van der Waals surface area contributed by atoms with Gasteiger partial charge in [0.25, 0.3) is 0 Å². The minimum Gasteiger partial charge on any atom is -0.497 e. The van der Waals surface area contributed by atoms with Crippen molar-refractivity contribution in [2.45, 2.75) is 25.0 Å². The second-order valence-corrected chi connectivity index (χ2v) is 6.13. The smallest absolute Gasteiger partial charge is 0.119 e. The lowest BCUT2D eigenvalue weighted by Crippen LogP contribution is -2.31. The Balaban J connectivity index is 1.85. The number of para-hydroxylation sites is 1. The predicted octanol–water partition coefficient (Wildman–Crippen LogP) is 3.92. The van der Waals surface area contributed by atoms with Gasteiger partial charge in [0.1, 0.15) is 11.9 Å². The maximum atomic E-state index is 10.7. The molecule has 2 N–H and O–H groups in total. The molecule has 1 aliphatic heterocycles. The summed E-state index contributed by atoms with van der Waals surface area (Å²) in [5, 5.41) is 14.2. The Morgan fingerprint density at radius 2 is 2.10 bits per heavy atom. The highest BCUT2D eigenvalue weighted by Crippen LogP contribution is 2.34. The van der Waals surface area contributed by atoms with Crippen molar-refractivity contribution in [3.05, 3.63) is 58.1 Å². The largest absolute Gasteiger partial charge is 0.497 e. The van der Waals surface area contributed by atoms with Crippen LogP contribution in [-0.2, 0) is 6.42 Å². The number of aliphatic hydroxyl groups is 1. The van der Waals surface area contributed by atoms with Crippen molar-refractivity contribution in [1.82, 2.24) is 0 Å². The molecule has 0 spiro atoms. The van der Waals surface area contributed by atoms with Gasteiger partial charge in [0.15, 0.2) is 0 Å². The van der Waals surface area contributed by atoms with Gasteiger partial charge in [0.2, 0.25) is 0 Å². The molecule has 2 unspecified atom stereocenters. The van der Waals surface area contributed by atoms with E-state index < -0.39 is 6.10 Å². The Morgan fingerprint density at radius 1 is 1.29 bits per heavy atom. The molecule has 110 valence electrons. The maximum absolute atomic E-state index is 10.7. The molecule has 3 rings (SSSR count). The molecule has 0 aliphatic carbocycles. The molecule has 2 aromatic rings. The number of nitrogens with one attached hydrogen (secondary N) is 1. The molecular weight excluding hydrogens is 330 g/mol. The minimum atomic E-state index is -0.581. The predicted molar refractivity (Wildman–Crippen MR) is 87.8 cm³/mol. The average molecular weight is 348 g/mol. The number of methoxy groups -OCH3 is 1. The van der Waals surface area contributed by atoms with Crippen LogP contribution in [0.4, 0.5) is 5.69 Å². The third kappa shape index (κ3) is 2.92. The van der Waals surface area contributed by atoms with E-state index in [2.05, 4.69) is 39.4 Å². The zero-order chi connectivity index (χ0) is 14.8. The summed E-state index contributed by atoms with van der Waals surface area (Å²) in [5.41, 5.74) is 3.28. The summed E-state index contributed by atoms with van der Waals surface area (Å²) in [7, 11) is 1.63. The van der Waals surface area contributed by atoms with Crippen LogP contribution in [0.1, 0.15) is 23.7 Å². The number of hydrogen-bond donors (Lipinski definition) is 2. The van der Waals surface area contributed by atoms with Crippen LogP contribution in [0, 0.1) is 0 Å².